The van der Waals surface area contributed by atoms with Gasteiger partial charge in [0.05, 0.1) is 17.3 Å². The lowest BCUT2D eigenvalue weighted by molar-refractivity contribution is 0.102. The lowest BCUT2D eigenvalue weighted by Crippen LogP contribution is -2.35. The number of rotatable bonds is 5. The van der Waals surface area contributed by atoms with Crippen molar-refractivity contribution in [1.82, 2.24) is 5.32 Å². The molecule has 3 amide bonds. The van der Waals surface area contributed by atoms with Crippen molar-refractivity contribution in [2.45, 2.75) is 13.0 Å². The molecule has 0 aliphatic heterocycles. The molecule has 3 rings (SSSR count). The summed E-state index contributed by atoms with van der Waals surface area (Å²) >= 11 is 5.81. The van der Waals surface area contributed by atoms with E-state index in [1.807, 2.05) is 23.8 Å². The Labute approximate surface area is 171 Å². The van der Waals surface area contributed by atoms with E-state index in [-0.39, 0.29) is 17.6 Å². The highest BCUT2D eigenvalue weighted by molar-refractivity contribution is 7.82. The molecule has 8 heteroatoms. The molecule has 1 aromatic heterocycles. The van der Waals surface area contributed by atoms with Gasteiger partial charge in [-0.2, -0.15) is 11.3 Å². The molecule has 28 heavy (non-hydrogen) atoms. The number of benzene rings is 2. The molecule has 144 valence electrons. The number of carbonyl (C=O) groups excluding carboxylic acids is 2. The van der Waals surface area contributed by atoms with Crippen LogP contribution >= 0.6 is 24.2 Å². The van der Waals surface area contributed by atoms with Crippen LogP contribution in [0.25, 0.3) is 0 Å². The fourth-order valence-corrected chi connectivity index (χ4v) is 3.44. The Balaban J connectivity index is 1.62. The van der Waals surface area contributed by atoms with Crippen LogP contribution in [0.1, 0.15) is 28.9 Å². The zero-order chi connectivity index (χ0) is 20.1. The Morgan fingerprint density at radius 3 is 2.46 bits per heavy atom. The summed E-state index contributed by atoms with van der Waals surface area (Å²) in [5, 5.41) is 9.41. The van der Waals surface area contributed by atoms with E-state index in [0.29, 0.717) is 11.4 Å². The standard InChI is InChI=1S/C20H18FN3O2S2/c1-13(14-10-11-28-12-14)22-20(26)24(27)16-8-6-15(7-9-16)23-19(25)17-4-2-3-5-18(17)21/h2-13,27H,1H3,(H,22,26)(H,23,25). The van der Waals surface area contributed by atoms with Crippen molar-refractivity contribution in [3.63, 3.8) is 0 Å². The third-order valence-electron chi connectivity index (χ3n) is 4.06. The van der Waals surface area contributed by atoms with E-state index in [2.05, 4.69) is 23.4 Å². The van der Waals surface area contributed by atoms with Crippen LogP contribution in [0.5, 0.6) is 0 Å². The largest absolute Gasteiger partial charge is 0.332 e. The van der Waals surface area contributed by atoms with Crippen molar-refractivity contribution in [3.05, 3.63) is 82.3 Å². The molecular formula is C20H18FN3O2S2. The molecule has 0 bridgehead atoms. The molecule has 0 aliphatic rings. The molecule has 2 aromatic carbocycles. The molecule has 0 radical (unpaired) electrons. The smallest absolute Gasteiger partial charge is 0.330 e. The molecule has 0 aliphatic carbocycles. The molecular weight excluding hydrogens is 397 g/mol. The number of nitrogens with zero attached hydrogens (tertiary/aromatic N) is 1. The Morgan fingerprint density at radius 1 is 1.11 bits per heavy atom. The molecule has 0 fully saturated rings. The summed E-state index contributed by atoms with van der Waals surface area (Å²) in [6.07, 6.45) is 0. The molecule has 0 spiro atoms. The number of amides is 3. The van der Waals surface area contributed by atoms with E-state index < -0.39 is 11.7 Å². The summed E-state index contributed by atoms with van der Waals surface area (Å²) in [6.45, 7) is 1.89. The molecule has 1 unspecified atom stereocenters. The lowest BCUT2D eigenvalue weighted by Gasteiger charge is -2.20. The number of hydrogen-bond donors (Lipinski definition) is 3. The van der Waals surface area contributed by atoms with Gasteiger partial charge in [-0.05, 0) is 65.7 Å². The van der Waals surface area contributed by atoms with Crippen molar-refractivity contribution < 1.29 is 14.0 Å². The van der Waals surface area contributed by atoms with Crippen molar-refractivity contribution in [2.24, 2.45) is 0 Å². The van der Waals surface area contributed by atoms with Crippen molar-refractivity contribution in [3.8, 4) is 0 Å². The summed E-state index contributed by atoms with van der Waals surface area (Å²) < 4.78 is 14.9. The zero-order valence-corrected chi connectivity index (χ0v) is 16.6. The predicted molar refractivity (Wildman–Crippen MR) is 114 cm³/mol. The van der Waals surface area contributed by atoms with Gasteiger partial charge < -0.3 is 10.6 Å². The second-order valence-electron chi connectivity index (χ2n) is 6.02. The predicted octanol–water partition coefficient (Wildman–Crippen LogP) is 5.26. The second kappa shape index (κ2) is 8.90. The summed E-state index contributed by atoms with van der Waals surface area (Å²) in [5.74, 6) is -1.13. The SMILES string of the molecule is CC(NC(=O)N(S)c1ccc(NC(=O)c2ccccc2F)cc1)c1ccsc1. The minimum Gasteiger partial charge on any atom is -0.330 e. The second-order valence-corrected chi connectivity index (χ2v) is 7.20. The van der Waals surface area contributed by atoms with Gasteiger partial charge in [0.25, 0.3) is 5.91 Å². The number of urea groups is 1. The van der Waals surface area contributed by atoms with Gasteiger partial charge in [0.2, 0.25) is 0 Å². The maximum atomic E-state index is 13.7. The van der Waals surface area contributed by atoms with Crippen LogP contribution in [0.4, 0.5) is 20.6 Å². The first-order chi connectivity index (χ1) is 13.5. The number of hydrogen-bond acceptors (Lipinski definition) is 4. The monoisotopic (exact) mass is 415 g/mol. The van der Waals surface area contributed by atoms with Gasteiger partial charge >= 0.3 is 6.03 Å². The molecule has 5 nitrogen and oxygen atoms in total. The van der Waals surface area contributed by atoms with Crippen LogP contribution in [-0.4, -0.2) is 11.9 Å². The van der Waals surface area contributed by atoms with Gasteiger partial charge in [-0.3, -0.25) is 4.79 Å². The number of halogens is 1. The topological polar surface area (TPSA) is 61.4 Å². The van der Waals surface area contributed by atoms with Crippen molar-refractivity contribution >= 4 is 47.5 Å². The van der Waals surface area contributed by atoms with Gasteiger partial charge in [-0.25, -0.2) is 13.5 Å². The number of thiophene rings is 1. The molecule has 1 atom stereocenters. The van der Waals surface area contributed by atoms with Gasteiger partial charge in [0.15, 0.2) is 0 Å². The first kappa shape index (κ1) is 19.9. The molecule has 0 saturated carbocycles. The Kier molecular flexibility index (Phi) is 6.33. The van der Waals surface area contributed by atoms with Gasteiger partial charge in [0.1, 0.15) is 5.82 Å². The summed E-state index contributed by atoms with van der Waals surface area (Å²) in [4.78, 5) is 24.5. The number of nitrogens with one attached hydrogen (secondary N) is 2. The fraction of sp³-hybridized carbons (Fsp3) is 0.100. The third kappa shape index (κ3) is 4.71. The number of anilines is 2. The Hall–Kier alpha value is -2.84. The maximum absolute atomic E-state index is 13.7. The quantitative estimate of drug-likeness (QED) is 0.498. The summed E-state index contributed by atoms with van der Waals surface area (Å²) in [5.41, 5.74) is 1.99. The third-order valence-corrected chi connectivity index (χ3v) is 5.18. The lowest BCUT2D eigenvalue weighted by atomic mass is 10.2. The average molecular weight is 416 g/mol. The number of carbonyl (C=O) groups is 2. The van der Waals surface area contributed by atoms with E-state index in [1.165, 1.54) is 22.5 Å². The van der Waals surface area contributed by atoms with Gasteiger partial charge in [-0.15, -0.1) is 0 Å². The summed E-state index contributed by atoms with van der Waals surface area (Å²) in [7, 11) is 0. The average Bonchev–Trinajstić information content (AvgIpc) is 3.23. The summed E-state index contributed by atoms with van der Waals surface area (Å²) in [6, 6.07) is 13.7. The van der Waals surface area contributed by atoms with Crippen LogP contribution in [0.2, 0.25) is 0 Å². The van der Waals surface area contributed by atoms with Crippen LogP contribution < -0.4 is 14.9 Å². The highest BCUT2D eigenvalue weighted by Crippen LogP contribution is 2.22. The Morgan fingerprint density at radius 2 is 1.82 bits per heavy atom. The van der Waals surface area contributed by atoms with Crippen LogP contribution in [0.15, 0.2) is 65.4 Å². The van der Waals surface area contributed by atoms with Crippen LogP contribution in [0, 0.1) is 5.82 Å². The van der Waals surface area contributed by atoms with Crippen molar-refractivity contribution in [2.75, 3.05) is 9.62 Å². The first-order valence-electron chi connectivity index (χ1n) is 8.43. The van der Waals surface area contributed by atoms with E-state index >= 15 is 0 Å². The highest BCUT2D eigenvalue weighted by atomic mass is 32.1. The van der Waals surface area contributed by atoms with Crippen molar-refractivity contribution in [1.29, 1.82) is 0 Å². The normalized spacial score (nSPS) is 11.5. The van der Waals surface area contributed by atoms with Gasteiger partial charge in [0, 0.05) is 5.69 Å². The molecule has 2 N–H and O–H groups in total. The maximum Gasteiger partial charge on any atom is 0.332 e. The van der Waals surface area contributed by atoms with E-state index in [4.69, 9.17) is 0 Å². The molecule has 0 saturated heterocycles. The van der Waals surface area contributed by atoms with Crippen LogP contribution in [-0.2, 0) is 0 Å². The zero-order valence-electron chi connectivity index (χ0n) is 14.9. The minimum atomic E-state index is -0.588. The van der Waals surface area contributed by atoms with Gasteiger partial charge in [-0.1, -0.05) is 24.9 Å². The van der Waals surface area contributed by atoms with E-state index in [1.54, 1.807) is 41.7 Å². The first-order valence-corrected chi connectivity index (χ1v) is 9.77. The van der Waals surface area contributed by atoms with Crippen LogP contribution in [0.3, 0.4) is 0 Å². The van der Waals surface area contributed by atoms with E-state index in [0.717, 1.165) is 5.56 Å². The highest BCUT2D eigenvalue weighted by Gasteiger charge is 2.16. The minimum absolute atomic E-state index is 0.0378. The fourth-order valence-electron chi connectivity index (χ4n) is 2.50. The number of thiol groups is 1. The molecule has 1 heterocycles. The molecule has 3 aromatic rings. The Bertz CT molecular complexity index is 962. The van der Waals surface area contributed by atoms with E-state index in [9.17, 15) is 14.0 Å².